The first-order valence-corrected chi connectivity index (χ1v) is 8.13. The predicted molar refractivity (Wildman–Crippen MR) is 83.4 cm³/mol. The molecule has 0 saturated heterocycles. The smallest absolute Gasteiger partial charge is 0.345 e. The zero-order chi connectivity index (χ0) is 16.4. The molecule has 1 amide bonds. The Morgan fingerprint density at radius 1 is 1.13 bits per heavy atom. The standard InChI is InChI=1S/C17H14F3NOS/c18-17(19,20)12-5-3-4-11(10-12)16(22)21-14-8-9-23-15-7-2-1-6-13(14)15/h1-7,10,14H,8-9H2,(H,21,22). The lowest BCUT2D eigenvalue weighted by Gasteiger charge is -2.26. The van der Waals surface area contributed by atoms with Gasteiger partial charge in [0.05, 0.1) is 11.6 Å². The Balaban J connectivity index is 1.81. The van der Waals surface area contributed by atoms with E-state index in [4.69, 9.17) is 0 Å². The van der Waals surface area contributed by atoms with Crippen LogP contribution in [0.25, 0.3) is 0 Å². The van der Waals surface area contributed by atoms with Crippen LogP contribution >= 0.6 is 11.8 Å². The Bertz CT molecular complexity index is 730. The average Bonchev–Trinajstić information content (AvgIpc) is 2.54. The highest BCUT2D eigenvalue weighted by atomic mass is 32.2. The Hall–Kier alpha value is -1.95. The highest BCUT2D eigenvalue weighted by molar-refractivity contribution is 7.99. The number of nitrogens with one attached hydrogen (secondary N) is 1. The van der Waals surface area contributed by atoms with Gasteiger partial charge in [-0.3, -0.25) is 4.79 Å². The van der Waals surface area contributed by atoms with Crippen molar-refractivity contribution in [1.82, 2.24) is 5.32 Å². The van der Waals surface area contributed by atoms with E-state index in [0.717, 1.165) is 34.8 Å². The molecule has 1 aliphatic rings. The number of hydrogen-bond donors (Lipinski definition) is 1. The van der Waals surface area contributed by atoms with Crippen LogP contribution in [-0.4, -0.2) is 11.7 Å². The molecule has 2 aromatic rings. The second kappa shape index (κ2) is 6.28. The first kappa shape index (κ1) is 15.9. The number of amides is 1. The van der Waals surface area contributed by atoms with Crippen molar-refractivity contribution in [2.45, 2.75) is 23.5 Å². The number of carbonyl (C=O) groups is 1. The van der Waals surface area contributed by atoms with E-state index in [9.17, 15) is 18.0 Å². The summed E-state index contributed by atoms with van der Waals surface area (Å²) in [6.07, 6.45) is -3.70. The van der Waals surface area contributed by atoms with Gasteiger partial charge < -0.3 is 5.32 Å². The van der Waals surface area contributed by atoms with Crippen LogP contribution in [0.4, 0.5) is 13.2 Å². The first-order chi connectivity index (χ1) is 10.9. The summed E-state index contributed by atoms with van der Waals surface area (Å²) >= 11 is 1.72. The number of benzene rings is 2. The highest BCUT2D eigenvalue weighted by Crippen LogP contribution is 2.36. The number of halogens is 3. The second-order valence-electron chi connectivity index (χ2n) is 5.28. The molecule has 6 heteroatoms. The second-order valence-corrected chi connectivity index (χ2v) is 6.42. The molecule has 3 rings (SSSR count). The van der Waals surface area contributed by atoms with Crippen molar-refractivity contribution >= 4 is 17.7 Å². The molecule has 0 aromatic heterocycles. The molecule has 0 aliphatic carbocycles. The Kier molecular flexibility index (Phi) is 4.35. The van der Waals surface area contributed by atoms with E-state index in [1.54, 1.807) is 11.8 Å². The van der Waals surface area contributed by atoms with Gasteiger partial charge in [-0.2, -0.15) is 13.2 Å². The molecule has 1 unspecified atom stereocenters. The van der Waals surface area contributed by atoms with Crippen molar-refractivity contribution in [3.63, 3.8) is 0 Å². The van der Waals surface area contributed by atoms with Gasteiger partial charge in [0.2, 0.25) is 0 Å². The van der Waals surface area contributed by atoms with Crippen molar-refractivity contribution in [2.75, 3.05) is 5.75 Å². The monoisotopic (exact) mass is 337 g/mol. The third-order valence-electron chi connectivity index (χ3n) is 3.72. The molecule has 0 radical (unpaired) electrons. The maximum Gasteiger partial charge on any atom is 0.416 e. The third kappa shape index (κ3) is 3.52. The predicted octanol–water partition coefficient (Wildman–Crippen LogP) is 4.67. The Morgan fingerprint density at radius 3 is 2.70 bits per heavy atom. The molecular weight excluding hydrogens is 323 g/mol. The summed E-state index contributed by atoms with van der Waals surface area (Å²) in [6.45, 7) is 0. The zero-order valence-electron chi connectivity index (χ0n) is 12.1. The SMILES string of the molecule is O=C(NC1CCSc2ccccc21)c1cccc(C(F)(F)F)c1. The summed E-state index contributed by atoms with van der Waals surface area (Å²) in [5, 5.41) is 2.85. The number of hydrogen-bond acceptors (Lipinski definition) is 2. The quantitative estimate of drug-likeness (QED) is 0.863. The Labute approximate surface area is 136 Å². The first-order valence-electron chi connectivity index (χ1n) is 7.15. The Morgan fingerprint density at radius 2 is 1.91 bits per heavy atom. The van der Waals surface area contributed by atoms with E-state index in [2.05, 4.69) is 5.32 Å². The lowest BCUT2D eigenvalue weighted by Crippen LogP contribution is -2.30. The van der Waals surface area contributed by atoms with Crippen molar-refractivity contribution in [2.24, 2.45) is 0 Å². The van der Waals surface area contributed by atoms with Crippen LogP contribution in [0.2, 0.25) is 0 Å². The van der Waals surface area contributed by atoms with Crippen molar-refractivity contribution in [3.05, 3.63) is 65.2 Å². The summed E-state index contributed by atoms with van der Waals surface area (Å²) in [5.74, 6) is 0.382. The minimum Gasteiger partial charge on any atom is -0.345 e. The van der Waals surface area contributed by atoms with Crippen LogP contribution in [0.3, 0.4) is 0 Å². The van der Waals surface area contributed by atoms with Gasteiger partial charge in [-0.15, -0.1) is 11.8 Å². The van der Waals surface area contributed by atoms with Gasteiger partial charge in [-0.25, -0.2) is 0 Å². The van der Waals surface area contributed by atoms with Gasteiger partial charge >= 0.3 is 6.18 Å². The normalized spacial score (nSPS) is 17.4. The number of thioether (sulfide) groups is 1. The van der Waals surface area contributed by atoms with Crippen LogP contribution < -0.4 is 5.32 Å². The van der Waals surface area contributed by atoms with Crippen molar-refractivity contribution in [1.29, 1.82) is 0 Å². The maximum absolute atomic E-state index is 12.8. The van der Waals surface area contributed by atoms with Gasteiger partial charge in [0.25, 0.3) is 5.91 Å². The number of alkyl halides is 3. The molecule has 23 heavy (non-hydrogen) atoms. The van der Waals surface area contributed by atoms with E-state index >= 15 is 0 Å². The molecule has 2 nitrogen and oxygen atoms in total. The van der Waals surface area contributed by atoms with Gasteiger partial charge in [-0.05, 0) is 36.2 Å². The molecule has 1 N–H and O–H groups in total. The van der Waals surface area contributed by atoms with E-state index in [1.807, 2.05) is 24.3 Å². The van der Waals surface area contributed by atoms with E-state index in [-0.39, 0.29) is 11.6 Å². The highest BCUT2D eigenvalue weighted by Gasteiger charge is 2.31. The fourth-order valence-corrected chi connectivity index (χ4v) is 3.70. The molecule has 1 atom stereocenters. The van der Waals surface area contributed by atoms with Gasteiger partial charge in [0.15, 0.2) is 0 Å². The van der Waals surface area contributed by atoms with Crippen LogP contribution in [0.1, 0.15) is 33.9 Å². The van der Waals surface area contributed by atoms with Gasteiger partial charge in [-0.1, -0.05) is 24.3 Å². The summed E-state index contributed by atoms with van der Waals surface area (Å²) in [4.78, 5) is 13.4. The summed E-state index contributed by atoms with van der Waals surface area (Å²) < 4.78 is 38.3. The van der Waals surface area contributed by atoms with E-state index < -0.39 is 17.6 Å². The van der Waals surface area contributed by atoms with Gasteiger partial charge in [0.1, 0.15) is 0 Å². The van der Waals surface area contributed by atoms with Crippen LogP contribution in [0.5, 0.6) is 0 Å². The largest absolute Gasteiger partial charge is 0.416 e. The fourth-order valence-electron chi connectivity index (χ4n) is 2.57. The number of carbonyl (C=O) groups excluding carboxylic acids is 1. The van der Waals surface area contributed by atoms with Crippen LogP contribution in [-0.2, 0) is 6.18 Å². The maximum atomic E-state index is 12.8. The molecule has 0 fully saturated rings. The lowest BCUT2D eigenvalue weighted by molar-refractivity contribution is -0.137. The van der Waals surface area contributed by atoms with E-state index in [1.165, 1.54) is 12.1 Å². The fraction of sp³-hybridized carbons (Fsp3) is 0.235. The van der Waals surface area contributed by atoms with E-state index in [0.29, 0.717) is 0 Å². The molecule has 2 aromatic carbocycles. The molecule has 0 spiro atoms. The lowest BCUT2D eigenvalue weighted by atomic mass is 10.0. The zero-order valence-corrected chi connectivity index (χ0v) is 12.9. The molecule has 120 valence electrons. The molecule has 0 bridgehead atoms. The molecule has 1 heterocycles. The minimum absolute atomic E-state index is 0.0236. The third-order valence-corrected chi connectivity index (χ3v) is 4.84. The summed E-state index contributed by atoms with van der Waals surface area (Å²) in [5.41, 5.74) is 0.226. The van der Waals surface area contributed by atoms with Crippen LogP contribution in [0.15, 0.2) is 53.4 Å². The van der Waals surface area contributed by atoms with Gasteiger partial charge in [0, 0.05) is 16.2 Å². The van der Waals surface area contributed by atoms with Crippen molar-refractivity contribution < 1.29 is 18.0 Å². The number of rotatable bonds is 2. The summed E-state index contributed by atoms with van der Waals surface area (Å²) in [7, 11) is 0. The molecule has 1 aliphatic heterocycles. The average molecular weight is 337 g/mol. The molecule has 0 saturated carbocycles. The summed E-state index contributed by atoms with van der Waals surface area (Å²) in [6, 6.07) is 12.1. The molecular formula is C17H14F3NOS. The topological polar surface area (TPSA) is 29.1 Å². The van der Waals surface area contributed by atoms with Crippen molar-refractivity contribution in [3.8, 4) is 0 Å². The minimum atomic E-state index is -4.45. The van der Waals surface area contributed by atoms with Crippen LogP contribution in [0, 0.1) is 0 Å². The number of fused-ring (bicyclic) bond motifs is 1.